The van der Waals surface area contributed by atoms with Crippen molar-refractivity contribution < 1.29 is 28.9 Å². The molecule has 2 unspecified atom stereocenters. The number of aliphatic hydroxyl groups excluding tert-OH is 1. The summed E-state index contributed by atoms with van der Waals surface area (Å²) in [4.78, 5) is 26.8. The zero-order valence-electron chi connectivity index (χ0n) is 18.5. The Morgan fingerprint density at radius 2 is 1.88 bits per heavy atom. The van der Waals surface area contributed by atoms with Crippen molar-refractivity contribution in [2.75, 3.05) is 26.4 Å². The van der Waals surface area contributed by atoms with Gasteiger partial charge in [0.25, 0.3) is 5.91 Å². The number of carbonyl (C=O) groups excluding carboxylic acids is 2. The number of fused-ring (bicyclic) bond motifs is 1. The molecule has 2 aromatic carbocycles. The van der Waals surface area contributed by atoms with E-state index in [1.54, 1.807) is 25.1 Å². The van der Waals surface area contributed by atoms with Crippen molar-refractivity contribution in [3.8, 4) is 17.2 Å². The minimum atomic E-state index is -1.27. The number of amides is 3. The Bertz CT molecular complexity index is 1040. The van der Waals surface area contributed by atoms with Crippen LogP contribution in [0.25, 0.3) is 0 Å². The second-order valence-electron chi connectivity index (χ2n) is 8.42. The van der Waals surface area contributed by atoms with E-state index in [9.17, 15) is 14.7 Å². The monoisotopic (exact) mass is 440 g/mol. The van der Waals surface area contributed by atoms with Gasteiger partial charge in [-0.25, -0.2) is 4.79 Å². The average molecular weight is 440 g/mol. The zero-order valence-corrected chi connectivity index (χ0v) is 18.5. The second kappa shape index (κ2) is 8.70. The van der Waals surface area contributed by atoms with E-state index in [1.807, 2.05) is 32.0 Å². The minimum absolute atomic E-state index is 0.0396. The lowest BCUT2D eigenvalue weighted by atomic mass is 9.91. The summed E-state index contributed by atoms with van der Waals surface area (Å²) in [5.41, 5.74) is 1.30. The summed E-state index contributed by atoms with van der Waals surface area (Å²) in [6.07, 6.45) is -0.261. The van der Waals surface area contributed by atoms with E-state index in [2.05, 4.69) is 5.32 Å². The van der Waals surface area contributed by atoms with Gasteiger partial charge < -0.3 is 24.6 Å². The number of hydrogen-bond acceptors (Lipinski definition) is 6. The molecule has 1 saturated heterocycles. The maximum absolute atomic E-state index is 13.2. The van der Waals surface area contributed by atoms with Crippen LogP contribution < -0.4 is 19.5 Å². The van der Waals surface area contributed by atoms with Gasteiger partial charge in [-0.05, 0) is 55.7 Å². The first-order chi connectivity index (χ1) is 15.3. The van der Waals surface area contributed by atoms with Gasteiger partial charge in [0, 0.05) is 6.42 Å². The minimum Gasteiger partial charge on any atom is -0.491 e. The number of nitrogens with zero attached hydrogens (tertiary/aromatic N) is 1. The van der Waals surface area contributed by atoms with Gasteiger partial charge in [-0.15, -0.1) is 0 Å². The number of imide groups is 1. The highest BCUT2D eigenvalue weighted by atomic mass is 16.5. The molecule has 0 saturated carbocycles. The standard InChI is InChI=1S/C24H28N2O6/c1-15-5-6-16(2)20(11-15)32-14-18(27)13-26-22(28)24(3,25-23(26)29)17-7-8-19-21(12-17)31-10-4-9-30-19/h5-8,11-12,18,27H,4,9-10,13-14H2,1-3H3,(H,25,29). The summed E-state index contributed by atoms with van der Waals surface area (Å²) in [5, 5.41) is 13.2. The van der Waals surface area contributed by atoms with Crippen LogP contribution in [0.2, 0.25) is 0 Å². The first-order valence-corrected chi connectivity index (χ1v) is 10.7. The first kappa shape index (κ1) is 22.0. The smallest absolute Gasteiger partial charge is 0.325 e. The van der Waals surface area contributed by atoms with E-state index in [-0.39, 0.29) is 13.2 Å². The molecule has 3 amide bonds. The number of nitrogens with one attached hydrogen (secondary N) is 1. The van der Waals surface area contributed by atoms with Gasteiger partial charge in [-0.2, -0.15) is 0 Å². The molecule has 4 rings (SSSR count). The van der Waals surface area contributed by atoms with Crippen LogP contribution in [-0.4, -0.2) is 54.4 Å². The fraction of sp³-hybridized carbons (Fsp3) is 0.417. The van der Waals surface area contributed by atoms with Crippen LogP contribution in [0, 0.1) is 13.8 Å². The normalized spacial score (nSPS) is 21.2. The van der Waals surface area contributed by atoms with Gasteiger partial charge in [0.2, 0.25) is 0 Å². The third-order valence-electron chi connectivity index (χ3n) is 5.77. The Labute approximate surface area is 187 Å². The molecule has 1 fully saturated rings. The molecule has 32 heavy (non-hydrogen) atoms. The summed E-state index contributed by atoms with van der Waals surface area (Å²) in [7, 11) is 0. The SMILES string of the molecule is Cc1ccc(C)c(OCC(O)CN2C(=O)NC(C)(c3ccc4c(c3)OCCCO4)C2=O)c1. The van der Waals surface area contributed by atoms with Crippen molar-refractivity contribution in [1.29, 1.82) is 0 Å². The molecule has 0 bridgehead atoms. The Hall–Kier alpha value is -3.26. The highest BCUT2D eigenvalue weighted by Crippen LogP contribution is 2.36. The maximum atomic E-state index is 13.2. The van der Waals surface area contributed by atoms with Crippen LogP contribution in [0.4, 0.5) is 4.79 Å². The van der Waals surface area contributed by atoms with Crippen molar-refractivity contribution in [2.24, 2.45) is 0 Å². The van der Waals surface area contributed by atoms with Crippen LogP contribution in [0.5, 0.6) is 17.2 Å². The van der Waals surface area contributed by atoms with Crippen molar-refractivity contribution >= 4 is 11.9 Å². The molecule has 2 N–H and O–H groups in total. The molecular formula is C24H28N2O6. The van der Waals surface area contributed by atoms with Gasteiger partial charge in [0.15, 0.2) is 11.5 Å². The lowest BCUT2D eigenvalue weighted by Gasteiger charge is -2.24. The van der Waals surface area contributed by atoms with E-state index in [0.717, 1.165) is 22.4 Å². The Balaban J connectivity index is 1.45. The van der Waals surface area contributed by atoms with Crippen LogP contribution in [0.3, 0.4) is 0 Å². The average Bonchev–Trinajstić information content (AvgIpc) is 2.93. The van der Waals surface area contributed by atoms with Crippen LogP contribution >= 0.6 is 0 Å². The molecule has 8 nitrogen and oxygen atoms in total. The molecule has 2 aliphatic rings. The van der Waals surface area contributed by atoms with Crippen LogP contribution in [0.15, 0.2) is 36.4 Å². The Kier molecular flexibility index (Phi) is 5.97. The van der Waals surface area contributed by atoms with Crippen molar-refractivity contribution in [3.05, 3.63) is 53.1 Å². The summed E-state index contributed by atoms with van der Waals surface area (Å²) in [6, 6.07) is 10.5. The van der Waals surface area contributed by atoms with E-state index in [0.29, 0.717) is 36.0 Å². The first-order valence-electron chi connectivity index (χ1n) is 10.7. The van der Waals surface area contributed by atoms with Gasteiger partial charge in [-0.3, -0.25) is 9.69 Å². The molecule has 2 heterocycles. The molecule has 0 aromatic heterocycles. The number of carbonyl (C=O) groups is 2. The quantitative estimate of drug-likeness (QED) is 0.671. The van der Waals surface area contributed by atoms with E-state index in [4.69, 9.17) is 14.2 Å². The lowest BCUT2D eigenvalue weighted by molar-refractivity contribution is -0.132. The van der Waals surface area contributed by atoms with Gasteiger partial charge >= 0.3 is 6.03 Å². The second-order valence-corrected chi connectivity index (χ2v) is 8.42. The predicted molar refractivity (Wildman–Crippen MR) is 117 cm³/mol. The molecule has 8 heteroatoms. The third-order valence-corrected chi connectivity index (χ3v) is 5.77. The summed E-state index contributed by atoms with van der Waals surface area (Å²) in [6.45, 7) is 6.39. The summed E-state index contributed by atoms with van der Waals surface area (Å²) < 4.78 is 17.1. The largest absolute Gasteiger partial charge is 0.491 e. The fourth-order valence-electron chi connectivity index (χ4n) is 3.84. The van der Waals surface area contributed by atoms with Crippen molar-refractivity contribution in [1.82, 2.24) is 10.2 Å². The van der Waals surface area contributed by atoms with Crippen LogP contribution in [0.1, 0.15) is 30.0 Å². The van der Waals surface area contributed by atoms with Gasteiger partial charge in [0.05, 0.1) is 19.8 Å². The number of aliphatic hydroxyl groups is 1. The third kappa shape index (κ3) is 4.23. The van der Waals surface area contributed by atoms with Crippen molar-refractivity contribution in [3.63, 3.8) is 0 Å². The van der Waals surface area contributed by atoms with Gasteiger partial charge in [-0.1, -0.05) is 18.2 Å². The number of rotatable bonds is 6. The summed E-state index contributed by atoms with van der Waals surface area (Å²) in [5.74, 6) is 1.38. The summed E-state index contributed by atoms with van der Waals surface area (Å²) >= 11 is 0. The Morgan fingerprint density at radius 1 is 1.12 bits per heavy atom. The number of hydrogen-bond donors (Lipinski definition) is 2. The van der Waals surface area contributed by atoms with Crippen molar-refractivity contribution in [2.45, 2.75) is 38.8 Å². The predicted octanol–water partition coefficient (Wildman–Crippen LogP) is 2.67. The number of ether oxygens (including phenoxy) is 3. The Morgan fingerprint density at radius 3 is 2.66 bits per heavy atom. The molecule has 2 atom stereocenters. The number of aryl methyl sites for hydroxylation is 2. The van der Waals surface area contributed by atoms with Gasteiger partial charge in [0.1, 0.15) is 24.0 Å². The molecule has 2 aromatic rings. The molecule has 2 aliphatic heterocycles. The molecule has 0 radical (unpaired) electrons. The van der Waals surface area contributed by atoms with E-state index < -0.39 is 23.6 Å². The van der Waals surface area contributed by atoms with E-state index in [1.165, 1.54) is 0 Å². The van der Waals surface area contributed by atoms with E-state index >= 15 is 0 Å². The molecule has 0 aliphatic carbocycles. The number of β-amino-alcohol motifs (C(OH)–C–C–N with tert-alkyl or cyclic N) is 1. The number of benzene rings is 2. The highest BCUT2D eigenvalue weighted by Gasteiger charge is 2.49. The fourth-order valence-corrected chi connectivity index (χ4v) is 3.84. The number of urea groups is 1. The topological polar surface area (TPSA) is 97.3 Å². The zero-order chi connectivity index (χ0) is 22.9. The highest BCUT2D eigenvalue weighted by molar-refractivity contribution is 6.07. The lowest BCUT2D eigenvalue weighted by Crippen LogP contribution is -2.42. The molecule has 0 spiro atoms. The maximum Gasteiger partial charge on any atom is 0.325 e. The molecule has 170 valence electrons. The molecular weight excluding hydrogens is 412 g/mol. The van der Waals surface area contributed by atoms with Crippen LogP contribution in [-0.2, 0) is 10.3 Å².